The number of hydrogen-bond donors (Lipinski definition) is 0. The molecule has 0 saturated carbocycles. The smallest absolute Gasteiger partial charge is 0.109 e. The maximum Gasteiger partial charge on any atom is 0.109 e. The molecule has 0 spiro atoms. The van der Waals surface area contributed by atoms with Gasteiger partial charge in [0.25, 0.3) is 0 Å². The third-order valence-electron chi connectivity index (χ3n) is 4.21. The number of halogens is 2. The van der Waals surface area contributed by atoms with Crippen molar-refractivity contribution >= 4 is 45.2 Å². The molecular formula is C16H21I2N. The molecule has 0 amide bonds. The van der Waals surface area contributed by atoms with Gasteiger partial charge in [0.1, 0.15) is 3.55 Å². The molecule has 0 radical (unpaired) electrons. The lowest BCUT2D eigenvalue weighted by Gasteiger charge is -2.40. The number of fused-ring (bicyclic) bond motifs is 1. The van der Waals surface area contributed by atoms with Crippen molar-refractivity contribution in [3.8, 4) is 0 Å². The first-order chi connectivity index (χ1) is 8.80. The second kappa shape index (κ2) is 5.30. The van der Waals surface area contributed by atoms with E-state index in [0.29, 0.717) is 0 Å². The summed E-state index contributed by atoms with van der Waals surface area (Å²) in [7, 11) is 0. The summed E-state index contributed by atoms with van der Waals surface area (Å²) in [5.41, 5.74) is 5.91. The molecule has 1 aromatic rings. The Morgan fingerprint density at radius 2 is 1.74 bits per heavy atom. The van der Waals surface area contributed by atoms with Crippen LogP contribution in [0.3, 0.4) is 0 Å². The number of aryl methyl sites for hydroxylation is 2. The Morgan fingerprint density at radius 1 is 1.21 bits per heavy atom. The van der Waals surface area contributed by atoms with Gasteiger partial charge in [-0.2, -0.15) is 0 Å². The Kier molecular flexibility index (Phi) is 4.39. The van der Waals surface area contributed by atoms with Crippen LogP contribution in [-0.4, -0.2) is 15.9 Å². The molecule has 19 heavy (non-hydrogen) atoms. The molecule has 1 aliphatic heterocycles. The van der Waals surface area contributed by atoms with Gasteiger partial charge in [-0.3, -0.25) is 4.90 Å². The summed E-state index contributed by atoms with van der Waals surface area (Å²) in [6.45, 7) is 14.0. The van der Waals surface area contributed by atoms with Crippen LogP contribution in [0.1, 0.15) is 36.1 Å². The van der Waals surface area contributed by atoms with E-state index >= 15 is 0 Å². The molecule has 0 aromatic heterocycles. The van der Waals surface area contributed by atoms with E-state index < -0.39 is 0 Å². The Balaban J connectivity index is 2.79. The van der Waals surface area contributed by atoms with E-state index in [9.17, 15) is 0 Å². The van der Waals surface area contributed by atoms with Gasteiger partial charge in [-0.25, -0.2) is 0 Å². The summed E-state index contributed by atoms with van der Waals surface area (Å²) in [4.78, 5) is 2.59. The standard InChI is InChI=1S/C16H21I2N/c1-6-9-19-15(4,5)13-11(2)7-8-12(3)14(13)16(19,18)10-17/h6-8H,1,9-10H2,2-5H3. The zero-order chi connectivity index (χ0) is 14.4. The molecule has 0 aliphatic carbocycles. The molecule has 0 fully saturated rings. The van der Waals surface area contributed by atoms with Gasteiger partial charge in [-0.05, 0) is 49.9 Å². The average molecular weight is 481 g/mol. The number of rotatable bonds is 3. The number of alkyl halides is 2. The fourth-order valence-corrected chi connectivity index (χ4v) is 5.74. The summed E-state index contributed by atoms with van der Waals surface area (Å²) < 4.78 is 1.15. The van der Waals surface area contributed by atoms with Crippen LogP contribution < -0.4 is 0 Å². The van der Waals surface area contributed by atoms with E-state index in [-0.39, 0.29) is 9.08 Å². The number of nitrogens with zero attached hydrogens (tertiary/aromatic N) is 1. The first-order valence-electron chi connectivity index (χ1n) is 6.55. The van der Waals surface area contributed by atoms with Crippen LogP contribution in [0.15, 0.2) is 24.8 Å². The van der Waals surface area contributed by atoms with Gasteiger partial charge in [0.2, 0.25) is 0 Å². The molecule has 0 N–H and O–H groups in total. The third kappa shape index (κ3) is 2.20. The lowest BCUT2D eigenvalue weighted by molar-refractivity contribution is 0.113. The van der Waals surface area contributed by atoms with E-state index in [0.717, 1.165) is 11.0 Å². The summed E-state index contributed by atoms with van der Waals surface area (Å²) in [5, 5.41) is 0. The van der Waals surface area contributed by atoms with Crippen molar-refractivity contribution in [3.05, 3.63) is 47.0 Å². The molecule has 1 atom stereocenters. The minimum Gasteiger partial charge on any atom is -0.272 e. The maximum atomic E-state index is 3.95. The minimum atomic E-state index is 0.0615. The minimum absolute atomic E-state index is 0.0615. The highest BCUT2D eigenvalue weighted by Crippen LogP contribution is 2.55. The van der Waals surface area contributed by atoms with Crippen molar-refractivity contribution in [3.63, 3.8) is 0 Å². The van der Waals surface area contributed by atoms with Crippen LogP contribution in [0.25, 0.3) is 0 Å². The first-order valence-corrected chi connectivity index (χ1v) is 9.15. The van der Waals surface area contributed by atoms with Crippen LogP contribution in [0.4, 0.5) is 0 Å². The molecule has 2 rings (SSSR count). The van der Waals surface area contributed by atoms with Crippen LogP contribution in [-0.2, 0) is 9.08 Å². The van der Waals surface area contributed by atoms with E-state index in [2.05, 4.69) is 96.5 Å². The van der Waals surface area contributed by atoms with Gasteiger partial charge in [-0.15, -0.1) is 6.58 Å². The molecule has 1 aromatic carbocycles. The number of benzene rings is 1. The van der Waals surface area contributed by atoms with Crippen molar-refractivity contribution in [1.29, 1.82) is 0 Å². The van der Waals surface area contributed by atoms with Crippen LogP contribution in [0, 0.1) is 13.8 Å². The van der Waals surface area contributed by atoms with Gasteiger partial charge >= 0.3 is 0 Å². The highest BCUT2D eigenvalue weighted by Gasteiger charge is 2.53. The van der Waals surface area contributed by atoms with Gasteiger partial charge in [0, 0.05) is 16.5 Å². The molecular weight excluding hydrogens is 460 g/mol. The Labute approximate surface area is 144 Å². The fraction of sp³-hybridized carbons (Fsp3) is 0.500. The molecule has 1 heterocycles. The zero-order valence-electron chi connectivity index (χ0n) is 12.1. The van der Waals surface area contributed by atoms with E-state index in [1.54, 1.807) is 0 Å². The molecule has 0 saturated heterocycles. The predicted molar refractivity (Wildman–Crippen MR) is 100 cm³/mol. The maximum absolute atomic E-state index is 3.95. The SMILES string of the molecule is C=CCN1C(C)(C)c2c(C)ccc(C)c2C1(I)CI. The Hall–Kier alpha value is 0.380. The molecule has 3 heteroatoms. The van der Waals surface area contributed by atoms with Crippen molar-refractivity contribution < 1.29 is 0 Å². The topological polar surface area (TPSA) is 3.24 Å². The normalized spacial score (nSPS) is 25.4. The van der Waals surface area contributed by atoms with Crippen molar-refractivity contribution in [2.75, 3.05) is 11.0 Å². The van der Waals surface area contributed by atoms with Gasteiger partial charge in [0.05, 0.1) is 0 Å². The van der Waals surface area contributed by atoms with E-state index in [1.807, 2.05) is 6.08 Å². The largest absolute Gasteiger partial charge is 0.272 e. The van der Waals surface area contributed by atoms with E-state index in [1.165, 1.54) is 22.3 Å². The van der Waals surface area contributed by atoms with Crippen molar-refractivity contribution in [2.45, 2.75) is 36.8 Å². The highest BCUT2D eigenvalue weighted by molar-refractivity contribution is 14.1. The quantitative estimate of drug-likeness (QED) is 0.253. The monoisotopic (exact) mass is 481 g/mol. The lowest BCUT2D eigenvalue weighted by atomic mass is 9.87. The van der Waals surface area contributed by atoms with Gasteiger partial charge in [0.15, 0.2) is 0 Å². The van der Waals surface area contributed by atoms with Gasteiger partial charge in [-0.1, -0.05) is 63.4 Å². The summed E-state index contributed by atoms with van der Waals surface area (Å²) in [6, 6.07) is 4.53. The first kappa shape index (κ1) is 15.8. The molecule has 1 nitrogen and oxygen atoms in total. The van der Waals surface area contributed by atoms with Crippen molar-refractivity contribution in [1.82, 2.24) is 4.90 Å². The molecule has 0 bridgehead atoms. The van der Waals surface area contributed by atoms with Crippen molar-refractivity contribution in [2.24, 2.45) is 0 Å². The number of hydrogen-bond acceptors (Lipinski definition) is 1. The predicted octanol–water partition coefficient (Wildman–Crippen LogP) is 5.06. The highest BCUT2D eigenvalue weighted by atomic mass is 127. The molecule has 1 unspecified atom stereocenters. The summed E-state index contributed by atoms with van der Waals surface area (Å²) in [5.74, 6) is 0. The van der Waals surface area contributed by atoms with Crippen LogP contribution >= 0.6 is 45.2 Å². The Morgan fingerprint density at radius 3 is 2.21 bits per heavy atom. The lowest BCUT2D eigenvalue weighted by Crippen LogP contribution is -2.46. The Bertz CT molecular complexity index is 522. The summed E-state index contributed by atoms with van der Waals surface area (Å²) >= 11 is 5.16. The van der Waals surface area contributed by atoms with E-state index in [4.69, 9.17) is 0 Å². The average Bonchev–Trinajstić information content (AvgIpc) is 2.54. The van der Waals surface area contributed by atoms with Gasteiger partial charge < -0.3 is 0 Å². The molecule has 104 valence electrons. The fourth-order valence-electron chi connectivity index (χ4n) is 3.45. The second-order valence-electron chi connectivity index (χ2n) is 5.80. The summed E-state index contributed by atoms with van der Waals surface area (Å²) in [6.07, 6.45) is 2.03. The van der Waals surface area contributed by atoms with Crippen LogP contribution in [0.2, 0.25) is 0 Å². The molecule has 1 aliphatic rings. The third-order valence-corrected chi connectivity index (χ3v) is 8.27. The zero-order valence-corrected chi connectivity index (χ0v) is 16.4. The van der Waals surface area contributed by atoms with Crippen LogP contribution in [0.5, 0.6) is 0 Å². The second-order valence-corrected chi connectivity index (χ2v) is 8.35.